The molecule has 0 fully saturated rings. The SMILES string of the molecule is [Cu].[Ni].[PH2][Zn]. The van der Waals surface area contributed by atoms with Crippen molar-refractivity contribution >= 4 is 7.57 Å². The van der Waals surface area contributed by atoms with Crippen molar-refractivity contribution < 1.29 is 51.4 Å². The molecule has 0 aromatic rings. The standard InChI is InChI=1S/Cu.Ni.H2P.Zn/h;;1H2;/q;;-1;+1. The fraction of sp³-hybridized carbons (Fsp3) is 0. The van der Waals surface area contributed by atoms with Crippen molar-refractivity contribution in [3.05, 3.63) is 0 Å². The van der Waals surface area contributed by atoms with E-state index < -0.39 is 0 Å². The molecular formula is H2CuNiPZn. The van der Waals surface area contributed by atoms with E-state index in [9.17, 15) is 0 Å². The summed E-state index contributed by atoms with van der Waals surface area (Å²) in [5.41, 5.74) is 0. The third-order valence-electron chi connectivity index (χ3n) is 0. The molecule has 30 valence electrons. The van der Waals surface area contributed by atoms with Crippen LogP contribution in [0.3, 0.4) is 0 Å². The van der Waals surface area contributed by atoms with Crippen molar-refractivity contribution in [2.75, 3.05) is 0 Å². The van der Waals surface area contributed by atoms with Crippen LogP contribution in [0.4, 0.5) is 0 Å². The van der Waals surface area contributed by atoms with Crippen LogP contribution >= 0.6 is 7.57 Å². The molecule has 0 aromatic carbocycles. The Balaban J connectivity index is -0.00000000500. The minimum absolute atomic E-state index is 0. The Morgan fingerprint density at radius 2 is 1.25 bits per heavy atom. The van der Waals surface area contributed by atoms with Gasteiger partial charge in [0, 0.05) is 33.6 Å². The molecule has 0 heterocycles. The first-order valence-corrected chi connectivity index (χ1v) is 6.36. The summed E-state index contributed by atoms with van der Waals surface area (Å²) in [6, 6.07) is 0. The monoisotopic (exact) mass is 218 g/mol. The van der Waals surface area contributed by atoms with Crippen LogP contribution in [0.25, 0.3) is 0 Å². The van der Waals surface area contributed by atoms with Gasteiger partial charge in [-0.15, -0.1) is 0 Å². The molecule has 4 heteroatoms. The van der Waals surface area contributed by atoms with Gasteiger partial charge < -0.3 is 0 Å². The van der Waals surface area contributed by atoms with Crippen molar-refractivity contribution in [1.82, 2.24) is 0 Å². The van der Waals surface area contributed by atoms with E-state index in [1.165, 1.54) is 17.8 Å². The Morgan fingerprint density at radius 3 is 1.25 bits per heavy atom. The van der Waals surface area contributed by atoms with Crippen molar-refractivity contribution in [1.29, 1.82) is 0 Å². The predicted octanol–water partition coefficient (Wildman–Crippen LogP) is 0.318. The molecule has 0 N–H and O–H groups in total. The summed E-state index contributed by atoms with van der Waals surface area (Å²) in [6.45, 7) is 0. The third-order valence-corrected chi connectivity index (χ3v) is 0. The van der Waals surface area contributed by atoms with Crippen LogP contribution in [0.5, 0.6) is 0 Å². The van der Waals surface area contributed by atoms with E-state index in [0.29, 0.717) is 0 Å². The minimum atomic E-state index is 0. The molecule has 1 radical (unpaired) electrons. The van der Waals surface area contributed by atoms with E-state index in [0.717, 1.165) is 0 Å². The molecule has 0 saturated heterocycles. The van der Waals surface area contributed by atoms with Gasteiger partial charge in [-0.05, 0) is 0 Å². The van der Waals surface area contributed by atoms with Crippen LogP contribution in [0.15, 0.2) is 0 Å². The van der Waals surface area contributed by atoms with Crippen LogP contribution in [0.1, 0.15) is 0 Å². The van der Waals surface area contributed by atoms with Crippen molar-refractivity contribution in [2.45, 2.75) is 0 Å². The van der Waals surface area contributed by atoms with Crippen LogP contribution in [0, 0.1) is 0 Å². The Bertz CT molecular complexity index is 8.00. The van der Waals surface area contributed by atoms with Gasteiger partial charge in [-0.3, -0.25) is 0 Å². The summed E-state index contributed by atoms with van der Waals surface area (Å²) in [4.78, 5) is 0. The first-order chi connectivity index (χ1) is 1.00. The van der Waals surface area contributed by atoms with Gasteiger partial charge in [0.2, 0.25) is 0 Å². The van der Waals surface area contributed by atoms with E-state index in [2.05, 4.69) is 7.57 Å². The molecule has 0 nitrogen and oxygen atoms in total. The molecule has 1 atom stereocenters. The molecule has 4 heavy (non-hydrogen) atoms. The summed E-state index contributed by atoms with van der Waals surface area (Å²) in [5, 5.41) is 0. The third kappa shape index (κ3) is 8.95. The molecule has 0 aromatic heterocycles. The average molecular weight is 221 g/mol. The van der Waals surface area contributed by atoms with Crippen LogP contribution < -0.4 is 0 Å². The maximum atomic E-state index is 2.54. The van der Waals surface area contributed by atoms with Gasteiger partial charge >= 0.3 is 25.4 Å². The summed E-state index contributed by atoms with van der Waals surface area (Å²) < 4.78 is 0. The van der Waals surface area contributed by atoms with Crippen LogP contribution in [-0.4, -0.2) is 0 Å². The zero-order chi connectivity index (χ0) is 2.00. The molecule has 0 bridgehead atoms. The first-order valence-electron chi connectivity index (χ1n) is 0.408. The number of hydrogen-bond donors (Lipinski definition) is 0. The van der Waals surface area contributed by atoms with Crippen molar-refractivity contribution in [2.24, 2.45) is 0 Å². The van der Waals surface area contributed by atoms with Gasteiger partial charge in [-0.1, -0.05) is 0 Å². The fourth-order valence-corrected chi connectivity index (χ4v) is 0. The zero-order valence-corrected chi connectivity index (χ0v) is 7.95. The predicted molar refractivity (Wildman–Crippen MR) is 9.71 cm³/mol. The molecule has 0 amide bonds. The first kappa shape index (κ1) is 16.6. The number of rotatable bonds is 0. The molecular weight excluding hydrogens is 219 g/mol. The molecule has 0 aliphatic heterocycles. The van der Waals surface area contributed by atoms with Crippen molar-refractivity contribution in [3.8, 4) is 0 Å². The second-order valence-corrected chi connectivity index (χ2v) is 0. The molecule has 0 aliphatic carbocycles. The second-order valence-electron chi connectivity index (χ2n) is 0. The Labute approximate surface area is 58.7 Å². The van der Waals surface area contributed by atoms with Gasteiger partial charge in [-0.2, -0.15) is 0 Å². The van der Waals surface area contributed by atoms with Gasteiger partial charge in [0.05, 0.1) is 0 Å². The van der Waals surface area contributed by atoms with Crippen LogP contribution in [0.2, 0.25) is 0 Å². The van der Waals surface area contributed by atoms with Gasteiger partial charge in [0.1, 0.15) is 0 Å². The normalized spacial score (nSPS) is 1.75. The fourth-order valence-electron chi connectivity index (χ4n) is 0. The van der Waals surface area contributed by atoms with E-state index in [1.54, 1.807) is 0 Å². The Morgan fingerprint density at radius 1 is 1.25 bits per heavy atom. The van der Waals surface area contributed by atoms with Crippen molar-refractivity contribution in [3.63, 3.8) is 0 Å². The molecule has 1 unspecified atom stereocenters. The Hall–Kier alpha value is 2.07. The van der Waals surface area contributed by atoms with E-state index in [1.807, 2.05) is 0 Å². The van der Waals surface area contributed by atoms with E-state index >= 15 is 0 Å². The van der Waals surface area contributed by atoms with Gasteiger partial charge in [0.25, 0.3) is 0 Å². The van der Waals surface area contributed by atoms with E-state index in [-0.39, 0.29) is 33.6 Å². The van der Waals surface area contributed by atoms with Gasteiger partial charge in [-0.25, -0.2) is 0 Å². The summed E-state index contributed by atoms with van der Waals surface area (Å²) in [5.74, 6) is 0. The molecule has 0 rings (SSSR count). The van der Waals surface area contributed by atoms with E-state index in [4.69, 9.17) is 0 Å². The average Bonchev–Trinajstić information content (AvgIpc) is 1.00. The summed E-state index contributed by atoms with van der Waals surface area (Å²) in [7, 11) is 2.54. The molecule has 0 saturated carbocycles. The summed E-state index contributed by atoms with van der Waals surface area (Å²) >= 11 is 1.29. The zero-order valence-electron chi connectivity index (χ0n) is 1.90. The van der Waals surface area contributed by atoms with Crippen LogP contribution in [-0.2, 0) is 51.4 Å². The molecule has 0 spiro atoms. The Kier molecular flexibility index (Phi) is 81.2. The second kappa shape index (κ2) is 19.6. The topological polar surface area (TPSA) is 0 Å². The maximum absolute atomic E-state index is 2.54. The molecule has 0 aliphatic rings. The summed E-state index contributed by atoms with van der Waals surface area (Å²) in [6.07, 6.45) is 0. The quantitative estimate of drug-likeness (QED) is 0.408. The van der Waals surface area contributed by atoms with Gasteiger partial charge in [0.15, 0.2) is 0 Å². The number of hydrogen-bond acceptors (Lipinski definition) is 0.